The van der Waals surface area contributed by atoms with Gasteiger partial charge in [-0.25, -0.2) is 9.37 Å². The Morgan fingerprint density at radius 3 is 2.68 bits per heavy atom. The third-order valence-corrected chi connectivity index (χ3v) is 4.59. The molecule has 8 heteroatoms. The molecule has 7 nitrogen and oxygen atoms in total. The maximum Gasteiger partial charge on any atom is 0.223 e. The van der Waals surface area contributed by atoms with E-state index in [1.54, 1.807) is 11.0 Å². The maximum atomic E-state index is 13.1. The maximum absolute atomic E-state index is 13.1. The number of aromatic nitrogens is 2. The minimum Gasteiger partial charge on any atom is -0.439 e. The highest BCUT2D eigenvalue weighted by molar-refractivity contribution is 5.83. The van der Waals surface area contributed by atoms with Crippen LogP contribution < -0.4 is 10.5 Å². The van der Waals surface area contributed by atoms with Gasteiger partial charge in [-0.2, -0.15) is 4.98 Å². The van der Waals surface area contributed by atoms with Gasteiger partial charge in [-0.05, 0) is 50.5 Å². The first-order valence-electron chi connectivity index (χ1n) is 9.29. The third kappa shape index (κ3) is 5.03. The normalized spacial score (nSPS) is 16.6. The Morgan fingerprint density at radius 1 is 1.21 bits per heavy atom. The number of halogens is 1. The summed E-state index contributed by atoms with van der Waals surface area (Å²) < 4.78 is 18.8. The Hall–Kier alpha value is -3.03. The molecule has 148 valence electrons. The van der Waals surface area contributed by atoms with Gasteiger partial charge in [-0.15, -0.1) is 0 Å². The first-order chi connectivity index (χ1) is 13.4. The van der Waals surface area contributed by atoms with Gasteiger partial charge in [0.25, 0.3) is 0 Å². The molecule has 1 aliphatic heterocycles. The lowest BCUT2D eigenvalue weighted by Crippen LogP contribution is -2.39. The van der Waals surface area contributed by atoms with Gasteiger partial charge in [0.1, 0.15) is 11.6 Å². The zero-order valence-corrected chi connectivity index (χ0v) is 15.7. The van der Waals surface area contributed by atoms with Crippen molar-refractivity contribution in [1.82, 2.24) is 14.9 Å². The molecule has 0 spiro atoms. The number of amides is 2. The lowest BCUT2D eigenvalue weighted by Gasteiger charge is -2.35. The zero-order chi connectivity index (χ0) is 20.1. The van der Waals surface area contributed by atoms with Crippen LogP contribution in [0.5, 0.6) is 11.6 Å². The van der Waals surface area contributed by atoms with Crippen molar-refractivity contribution in [3.63, 3.8) is 0 Å². The molecule has 0 bridgehead atoms. The molecule has 1 aromatic heterocycles. The standard InChI is InChI=1S/C20H23FN4O3/c1-13-12-18(28-15-7-5-14(21)6-8-15)24-20(23-13)16-4-2-3-11-25(16)19(27)10-9-17(22)26/h5-8,12,16H,2-4,9-11H2,1H3,(H2,22,26)/t16-/m1/s1. The fraction of sp³-hybridized carbons (Fsp3) is 0.400. The second-order valence-electron chi connectivity index (χ2n) is 6.83. The van der Waals surface area contributed by atoms with Gasteiger partial charge in [0.05, 0.1) is 6.04 Å². The number of nitrogens with two attached hydrogens (primary N) is 1. The largest absolute Gasteiger partial charge is 0.439 e. The lowest BCUT2D eigenvalue weighted by molar-refractivity contribution is -0.136. The smallest absolute Gasteiger partial charge is 0.223 e. The van der Waals surface area contributed by atoms with E-state index >= 15 is 0 Å². The number of hydrogen-bond acceptors (Lipinski definition) is 5. The van der Waals surface area contributed by atoms with Crippen LogP contribution in [0.4, 0.5) is 4.39 Å². The van der Waals surface area contributed by atoms with Gasteiger partial charge in [0.2, 0.25) is 17.7 Å². The number of carbonyl (C=O) groups excluding carboxylic acids is 2. The van der Waals surface area contributed by atoms with E-state index in [0.717, 1.165) is 19.3 Å². The van der Waals surface area contributed by atoms with Crippen molar-refractivity contribution in [3.05, 3.63) is 47.7 Å². The van der Waals surface area contributed by atoms with E-state index in [0.29, 0.717) is 29.7 Å². The van der Waals surface area contributed by atoms with Crippen LogP contribution in [-0.2, 0) is 9.59 Å². The van der Waals surface area contributed by atoms with E-state index in [1.807, 2.05) is 6.92 Å². The molecular weight excluding hydrogens is 363 g/mol. The minimum atomic E-state index is -0.497. The van der Waals surface area contributed by atoms with Crippen LogP contribution >= 0.6 is 0 Å². The van der Waals surface area contributed by atoms with Crippen molar-refractivity contribution < 1.29 is 18.7 Å². The number of primary amides is 1. The van der Waals surface area contributed by atoms with Crippen LogP contribution in [0.3, 0.4) is 0 Å². The molecule has 2 heterocycles. The average Bonchev–Trinajstić information content (AvgIpc) is 2.67. The minimum absolute atomic E-state index is 0.0235. The van der Waals surface area contributed by atoms with Gasteiger partial charge in [0, 0.05) is 31.1 Å². The van der Waals surface area contributed by atoms with E-state index in [2.05, 4.69) is 9.97 Å². The number of rotatable bonds is 6. The summed E-state index contributed by atoms with van der Waals surface area (Å²) in [7, 11) is 0. The molecule has 0 radical (unpaired) electrons. The predicted octanol–water partition coefficient (Wildman–Crippen LogP) is 3.04. The molecule has 1 saturated heterocycles. The van der Waals surface area contributed by atoms with E-state index in [1.165, 1.54) is 24.3 Å². The average molecular weight is 386 g/mol. The van der Waals surface area contributed by atoms with Gasteiger partial charge in [0.15, 0.2) is 5.82 Å². The predicted molar refractivity (Wildman–Crippen MR) is 100.0 cm³/mol. The van der Waals surface area contributed by atoms with Crippen LogP contribution in [0.25, 0.3) is 0 Å². The van der Waals surface area contributed by atoms with Crippen LogP contribution in [0, 0.1) is 12.7 Å². The molecule has 28 heavy (non-hydrogen) atoms. The van der Waals surface area contributed by atoms with E-state index in [9.17, 15) is 14.0 Å². The summed E-state index contributed by atoms with van der Waals surface area (Å²) >= 11 is 0. The number of carbonyl (C=O) groups is 2. The Labute approximate surface area is 162 Å². The van der Waals surface area contributed by atoms with Gasteiger partial charge >= 0.3 is 0 Å². The summed E-state index contributed by atoms with van der Waals surface area (Å²) in [5, 5.41) is 0. The molecule has 0 saturated carbocycles. The Kier molecular flexibility index (Phi) is 6.18. The highest BCUT2D eigenvalue weighted by atomic mass is 19.1. The Bertz CT molecular complexity index is 857. The Morgan fingerprint density at radius 2 is 1.96 bits per heavy atom. The van der Waals surface area contributed by atoms with Crippen LogP contribution in [0.1, 0.15) is 49.7 Å². The SMILES string of the molecule is Cc1cc(Oc2ccc(F)cc2)nc([C@H]2CCCCN2C(=O)CCC(N)=O)n1. The summed E-state index contributed by atoms with van der Waals surface area (Å²) in [6.45, 7) is 2.42. The molecule has 1 atom stereocenters. The fourth-order valence-corrected chi connectivity index (χ4v) is 3.26. The number of likely N-dealkylation sites (tertiary alicyclic amines) is 1. The molecule has 2 aromatic rings. The third-order valence-electron chi connectivity index (χ3n) is 4.59. The first kappa shape index (κ1) is 19.7. The van der Waals surface area contributed by atoms with Gasteiger partial charge in [-0.3, -0.25) is 9.59 Å². The summed E-state index contributed by atoms with van der Waals surface area (Å²) in [5.74, 6) is 0.328. The van der Waals surface area contributed by atoms with Crippen LogP contribution in [0.2, 0.25) is 0 Å². The number of piperidine rings is 1. The van der Waals surface area contributed by atoms with Crippen molar-refractivity contribution in [1.29, 1.82) is 0 Å². The molecule has 1 fully saturated rings. The highest BCUT2D eigenvalue weighted by Crippen LogP contribution is 2.31. The summed E-state index contributed by atoms with van der Waals surface area (Å²) in [4.78, 5) is 34.3. The lowest BCUT2D eigenvalue weighted by atomic mass is 10.0. The van der Waals surface area contributed by atoms with Crippen molar-refractivity contribution in [2.75, 3.05) is 6.54 Å². The highest BCUT2D eigenvalue weighted by Gasteiger charge is 2.30. The molecular formula is C20H23FN4O3. The molecule has 2 N–H and O–H groups in total. The van der Waals surface area contributed by atoms with Crippen molar-refractivity contribution in [2.24, 2.45) is 5.73 Å². The molecule has 2 amide bonds. The summed E-state index contributed by atoms with van der Waals surface area (Å²) in [6.07, 6.45) is 2.69. The number of aryl methyl sites for hydroxylation is 1. The topological polar surface area (TPSA) is 98.4 Å². The summed E-state index contributed by atoms with van der Waals surface area (Å²) in [5.41, 5.74) is 5.87. The van der Waals surface area contributed by atoms with E-state index < -0.39 is 5.91 Å². The number of hydrogen-bond donors (Lipinski definition) is 1. The zero-order valence-electron chi connectivity index (χ0n) is 15.7. The molecule has 0 aliphatic carbocycles. The fourth-order valence-electron chi connectivity index (χ4n) is 3.26. The molecule has 1 aromatic carbocycles. The second-order valence-corrected chi connectivity index (χ2v) is 6.83. The van der Waals surface area contributed by atoms with Crippen molar-refractivity contribution in [3.8, 4) is 11.6 Å². The summed E-state index contributed by atoms with van der Waals surface area (Å²) in [6, 6.07) is 7.08. The van der Waals surface area contributed by atoms with Gasteiger partial charge in [-0.1, -0.05) is 0 Å². The van der Waals surface area contributed by atoms with Gasteiger partial charge < -0.3 is 15.4 Å². The number of benzene rings is 1. The van der Waals surface area contributed by atoms with Crippen molar-refractivity contribution >= 4 is 11.8 Å². The van der Waals surface area contributed by atoms with Crippen LogP contribution in [-0.4, -0.2) is 33.2 Å². The molecule has 0 unspecified atom stereocenters. The van der Waals surface area contributed by atoms with E-state index in [-0.39, 0.29) is 30.6 Å². The quantitative estimate of drug-likeness (QED) is 0.823. The molecule has 1 aliphatic rings. The molecule has 3 rings (SSSR count). The number of ether oxygens (including phenoxy) is 1. The van der Waals surface area contributed by atoms with Crippen LogP contribution in [0.15, 0.2) is 30.3 Å². The Balaban J connectivity index is 1.81. The monoisotopic (exact) mass is 386 g/mol. The second kappa shape index (κ2) is 8.77. The van der Waals surface area contributed by atoms with Crippen molar-refractivity contribution in [2.45, 2.75) is 45.1 Å². The van der Waals surface area contributed by atoms with E-state index in [4.69, 9.17) is 10.5 Å². The first-order valence-corrected chi connectivity index (χ1v) is 9.29. The number of nitrogens with zero attached hydrogens (tertiary/aromatic N) is 3.